The largest absolute Gasteiger partial charge is 0.292 e. The molecule has 3 heteroatoms. The molecule has 1 heterocycles. The molecule has 5 rings (SSSR count). The Morgan fingerprint density at radius 1 is 0.700 bits per heavy atom. The molecule has 0 saturated carbocycles. The summed E-state index contributed by atoms with van der Waals surface area (Å²) in [4.78, 5) is 5.01. The Kier molecular flexibility index (Phi) is 4.59. The van der Waals surface area contributed by atoms with E-state index in [1.165, 1.54) is 0 Å². The standard InChI is InChI=1S/C27H19N3/c28-19-18-20-14-16-21(17-15-20)23-10-4-5-11-24(23)27-29-25-12-6-7-13-26(25)30(27)22-8-2-1-3-9-22/h1-17H,18H2. The summed E-state index contributed by atoms with van der Waals surface area (Å²) in [5.74, 6) is 0.916. The predicted octanol–water partition coefficient (Wildman–Crippen LogP) is 6.43. The highest BCUT2D eigenvalue weighted by Crippen LogP contribution is 2.35. The Hall–Kier alpha value is -4.16. The Morgan fingerprint density at radius 3 is 2.13 bits per heavy atom. The molecule has 0 amide bonds. The normalized spacial score (nSPS) is 10.8. The molecular weight excluding hydrogens is 366 g/mol. The molecule has 0 radical (unpaired) electrons. The van der Waals surface area contributed by atoms with Crippen molar-refractivity contribution in [2.75, 3.05) is 0 Å². The van der Waals surface area contributed by atoms with Crippen LogP contribution in [-0.4, -0.2) is 9.55 Å². The van der Waals surface area contributed by atoms with Crippen molar-refractivity contribution in [1.29, 1.82) is 5.26 Å². The zero-order valence-electron chi connectivity index (χ0n) is 16.4. The summed E-state index contributed by atoms with van der Waals surface area (Å²) in [5.41, 5.74) is 7.46. The van der Waals surface area contributed by atoms with Gasteiger partial charge in [0.25, 0.3) is 0 Å². The molecule has 142 valence electrons. The molecule has 0 spiro atoms. The van der Waals surface area contributed by atoms with Crippen LogP contribution in [0.3, 0.4) is 0 Å². The second kappa shape index (κ2) is 7.69. The van der Waals surface area contributed by atoms with E-state index in [0.717, 1.165) is 44.8 Å². The van der Waals surface area contributed by atoms with Crippen LogP contribution in [0.5, 0.6) is 0 Å². The minimum atomic E-state index is 0.422. The lowest BCUT2D eigenvalue weighted by Gasteiger charge is -2.13. The third-order valence-corrected chi connectivity index (χ3v) is 5.29. The van der Waals surface area contributed by atoms with E-state index in [1.807, 2.05) is 42.5 Å². The highest BCUT2D eigenvalue weighted by atomic mass is 15.1. The van der Waals surface area contributed by atoms with Gasteiger partial charge < -0.3 is 0 Å². The molecule has 0 fully saturated rings. The molecule has 0 aliphatic carbocycles. The van der Waals surface area contributed by atoms with Gasteiger partial charge in [0.15, 0.2) is 0 Å². The molecule has 0 aliphatic rings. The lowest BCUT2D eigenvalue weighted by Crippen LogP contribution is -1.98. The molecule has 0 aliphatic heterocycles. The average Bonchev–Trinajstić information content (AvgIpc) is 3.20. The summed E-state index contributed by atoms with van der Waals surface area (Å²) < 4.78 is 2.22. The Bertz CT molecular complexity index is 1360. The van der Waals surface area contributed by atoms with Crippen LogP contribution in [0.25, 0.3) is 39.2 Å². The first-order valence-corrected chi connectivity index (χ1v) is 9.94. The van der Waals surface area contributed by atoms with Gasteiger partial charge in [-0.3, -0.25) is 4.57 Å². The maximum atomic E-state index is 8.95. The van der Waals surface area contributed by atoms with E-state index in [-0.39, 0.29) is 0 Å². The molecule has 5 aromatic rings. The number of hydrogen-bond acceptors (Lipinski definition) is 2. The van der Waals surface area contributed by atoms with Crippen LogP contribution in [0, 0.1) is 11.3 Å². The van der Waals surface area contributed by atoms with Crippen molar-refractivity contribution in [2.24, 2.45) is 0 Å². The SMILES string of the molecule is N#CCc1ccc(-c2ccccc2-c2nc3ccccc3n2-c2ccccc2)cc1. The molecule has 0 atom stereocenters. The first kappa shape index (κ1) is 17.9. The first-order chi connectivity index (χ1) is 14.8. The Balaban J connectivity index is 1.74. The summed E-state index contributed by atoms with van der Waals surface area (Å²) >= 11 is 0. The van der Waals surface area contributed by atoms with Crippen LogP contribution in [-0.2, 0) is 6.42 Å². The fourth-order valence-corrected chi connectivity index (χ4v) is 3.87. The van der Waals surface area contributed by atoms with E-state index in [4.69, 9.17) is 10.2 Å². The quantitative estimate of drug-likeness (QED) is 0.358. The van der Waals surface area contributed by atoms with E-state index < -0.39 is 0 Å². The molecule has 0 N–H and O–H groups in total. The molecule has 0 unspecified atom stereocenters. The minimum Gasteiger partial charge on any atom is -0.292 e. The van der Waals surface area contributed by atoms with Gasteiger partial charge in [-0.15, -0.1) is 0 Å². The number of imidazole rings is 1. The van der Waals surface area contributed by atoms with Crippen molar-refractivity contribution in [1.82, 2.24) is 9.55 Å². The number of nitriles is 1. The minimum absolute atomic E-state index is 0.422. The van der Waals surface area contributed by atoms with E-state index in [2.05, 4.69) is 71.3 Å². The lowest BCUT2D eigenvalue weighted by atomic mass is 9.97. The second-order valence-electron chi connectivity index (χ2n) is 7.17. The van der Waals surface area contributed by atoms with Crippen LogP contribution < -0.4 is 0 Å². The van der Waals surface area contributed by atoms with Crippen molar-refractivity contribution >= 4 is 11.0 Å². The predicted molar refractivity (Wildman–Crippen MR) is 121 cm³/mol. The Labute approximate surface area is 175 Å². The topological polar surface area (TPSA) is 41.6 Å². The van der Waals surface area contributed by atoms with Crippen LogP contribution in [0.2, 0.25) is 0 Å². The number of nitrogens with zero attached hydrogens (tertiary/aromatic N) is 3. The smallest absolute Gasteiger partial charge is 0.146 e. The van der Waals surface area contributed by atoms with Gasteiger partial charge in [-0.05, 0) is 41.0 Å². The summed E-state index contributed by atoms with van der Waals surface area (Å²) in [6.45, 7) is 0. The van der Waals surface area contributed by atoms with Crippen LogP contribution in [0.1, 0.15) is 5.56 Å². The zero-order chi connectivity index (χ0) is 20.3. The third kappa shape index (κ3) is 3.15. The van der Waals surface area contributed by atoms with Crippen molar-refractivity contribution in [2.45, 2.75) is 6.42 Å². The fourth-order valence-electron chi connectivity index (χ4n) is 3.87. The van der Waals surface area contributed by atoms with Gasteiger partial charge in [0.1, 0.15) is 5.82 Å². The molecule has 0 bridgehead atoms. The van der Waals surface area contributed by atoms with Gasteiger partial charge in [0.2, 0.25) is 0 Å². The number of hydrogen-bond donors (Lipinski definition) is 0. The number of rotatable bonds is 4. The molecule has 0 saturated heterocycles. The highest BCUT2D eigenvalue weighted by Gasteiger charge is 2.17. The van der Waals surface area contributed by atoms with Crippen LogP contribution in [0.4, 0.5) is 0 Å². The maximum Gasteiger partial charge on any atom is 0.146 e. The first-order valence-electron chi connectivity index (χ1n) is 9.94. The van der Waals surface area contributed by atoms with E-state index >= 15 is 0 Å². The van der Waals surface area contributed by atoms with Gasteiger partial charge in [-0.2, -0.15) is 5.26 Å². The molecule has 1 aromatic heterocycles. The van der Waals surface area contributed by atoms with Crippen LogP contribution in [0.15, 0.2) is 103 Å². The van der Waals surface area contributed by atoms with Crippen molar-refractivity contribution in [3.05, 3.63) is 109 Å². The zero-order valence-corrected chi connectivity index (χ0v) is 16.4. The van der Waals surface area contributed by atoms with Gasteiger partial charge in [0, 0.05) is 11.3 Å². The van der Waals surface area contributed by atoms with Crippen molar-refractivity contribution < 1.29 is 0 Å². The number of aromatic nitrogens is 2. The average molecular weight is 385 g/mol. The van der Waals surface area contributed by atoms with Gasteiger partial charge in [0.05, 0.1) is 23.5 Å². The highest BCUT2D eigenvalue weighted by molar-refractivity contribution is 5.88. The summed E-state index contributed by atoms with van der Waals surface area (Å²) in [7, 11) is 0. The van der Waals surface area contributed by atoms with E-state index in [9.17, 15) is 0 Å². The molecule has 30 heavy (non-hydrogen) atoms. The lowest BCUT2D eigenvalue weighted by molar-refractivity contribution is 1.10. The fraction of sp³-hybridized carbons (Fsp3) is 0.0370. The van der Waals surface area contributed by atoms with Crippen molar-refractivity contribution in [3.63, 3.8) is 0 Å². The summed E-state index contributed by atoms with van der Waals surface area (Å²) in [5, 5.41) is 8.95. The molecule has 4 aromatic carbocycles. The maximum absolute atomic E-state index is 8.95. The molecular formula is C27H19N3. The van der Waals surface area contributed by atoms with Gasteiger partial charge in [-0.25, -0.2) is 4.98 Å². The van der Waals surface area contributed by atoms with E-state index in [0.29, 0.717) is 6.42 Å². The Morgan fingerprint density at radius 2 is 1.37 bits per heavy atom. The van der Waals surface area contributed by atoms with E-state index in [1.54, 1.807) is 0 Å². The number of para-hydroxylation sites is 3. The van der Waals surface area contributed by atoms with Gasteiger partial charge in [-0.1, -0.05) is 78.9 Å². The number of fused-ring (bicyclic) bond motifs is 1. The van der Waals surface area contributed by atoms with Crippen LogP contribution >= 0.6 is 0 Å². The number of benzene rings is 4. The van der Waals surface area contributed by atoms with Crippen molar-refractivity contribution in [3.8, 4) is 34.3 Å². The third-order valence-electron chi connectivity index (χ3n) is 5.29. The summed E-state index contributed by atoms with van der Waals surface area (Å²) in [6, 6.07) is 37.4. The second-order valence-corrected chi connectivity index (χ2v) is 7.17. The van der Waals surface area contributed by atoms with Gasteiger partial charge >= 0.3 is 0 Å². The molecule has 3 nitrogen and oxygen atoms in total. The summed E-state index contributed by atoms with van der Waals surface area (Å²) in [6.07, 6.45) is 0.422. The monoisotopic (exact) mass is 385 g/mol.